The van der Waals surface area contributed by atoms with E-state index in [1.54, 1.807) is 0 Å². The predicted octanol–water partition coefficient (Wildman–Crippen LogP) is 2.58. The number of primary amides is 1. The largest absolute Gasteiger partial charge is 0.489 e. The fourth-order valence-electron chi connectivity index (χ4n) is 1.82. The predicted molar refractivity (Wildman–Crippen MR) is 82.3 cm³/mol. The van der Waals surface area contributed by atoms with Crippen LogP contribution < -0.4 is 15.9 Å². The zero-order chi connectivity index (χ0) is 15.1. The zero-order valence-electron chi connectivity index (χ0n) is 11.7. The lowest BCUT2D eigenvalue weighted by atomic mass is 10.1. The van der Waals surface area contributed by atoms with Crippen LogP contribution in [0, 0.1) is 6.92 Å². The van der Waals surface area contributed by atoms with Crippen LogP contribution in [0.3, 0.4) is 0 Å². The van der Waals surface area contributed by atoms with Crippen molar-refractivity contribution in [3.63, 3.8) is 0 Å². The molecule has 5 heteroatoms. The van der Waals surface area contributed by atoms with Gasteiger partial charge >= 0.3 is 6.03 Å². The first-order valence-electron chi connectivity index (χ1n) is 6.50. The maximum atomic E-state index is 10.5. The number of aryl methyl sites for hydroxylation is 1. The molecule has 5 nitrogen and oxygen atoms in total. The summed E-state index contributed by atoms with van der Waals surface area (Å²) in [5.41, 5.74) is 10.2. The Bertz CT molecular complexity index is 653. The Labute approximate surface area is 123 Å². The fourth-order valence-corrected chi connectivity index (χ4v) is 1.82. The van der Waals surface area contributed by atoms with Crippen LogP contribution in [0.4, 0.5) is 4.79 Å². The quantitative estimate of drug-likeness (QED) is 0.653. The van der Waals surface area contributed by atoms with E-state index in [1.165, 1.54) is 11.8 Å². The van der Waals surface area contributed by atoms with Crippen LogP contribution in [-0.4, -0.2) is 12.2 Å². The van der Waals surface area contributed by atoms with E-state index in [2.05, 4.69) is 16.6 Å². The second kappa shape index (κ2) is 7.09. The number of hydrogen-bond donors (Lipinski definition) is 2. The average Bonchev–Trinajstić information content (AvgIpc) is 2.45. The molecule has 0 heterocycles. The highest BCUT2D eigenvalue weighted by Gasteiger charge is 1.98. The third-order valence-corrected chi connectivity index (χ3v) is 2.73. The summed E-state index contributed by atoms with van der Waals surface area (Å²) in [6.07, 6.45) is 1.50. The molecule has 0 aliphatic rings. The van der Waals surface area contributed by atoms with Crippen LogP contribution in [-0.2, 0) is 6.61 Å². The topological polar surface area (TPSA) is 76.7 Å². The number of amides is 2. The summed E-state index contributed by atoms with van der Waals surface area (Å²) in [5, 5.41) is 3.71. The maximum absolute atomic E-state index is 10.5. The standard InChI is InChI=1S/C16H17N3O2/c1-12-4-2-6-14(8-12)11-21-15-7-3-5-13(9-15)10-18-19-16(17)20/h2-10H,11H2,1H3,(H3,17,19,20). The number of nitrogens with one attached hydrogen (secondary N) is 1. The number of benzene rings is 2. The Kier molecular flexibility index (Phi) is 4.93. The number of nitrogens with two attached hydrogens (primary N) is 1. The summed E-state index contributed by atoms with van der Waals surface area (Å²) < 4.78 is 5.74. The summed E-state index contributed by atoms with van der Waals surface area (Å²) in [6, 6.07) is 14.9. The van der Waals surface area contributed by atoms with Crippen LogP contribution in [0.25, 0.3) is 0 Å². The van der Waals surface area contributed by atoms with Gasteiger partial charge in [-0.1, -0.05) is 42.0 Å². The third kappa shape index (κ3) is 4.99. The maximum Gasteiger partial charge on any atom is 0.332 e. The molecule has 0 spiro atoms. The van der Waals surface area contributed by atoms with Crippen molar-refractivity contribution in [1.82, 2.24) is 5.43 Å². The summed E-state index contributed by atoms with van der Waals surface area (Å²) in [7, 11) is 0. The summed E-state index contributed by atoms with van der Waals surface area (Å²) >= 11 is 0. The van der Waals surface area contributed by atoms with Crippen LogP contribution >= 0.6 is 0 Å². The number of urea groups is 1. The van der Waals surface area contributed by atoms with E-state index in [4.69, 9.17) is 10.5 Å². The lowest BCUT2D eigenvalue weighted by Crippen LogP contribution is -2.24. The molecule has 21 heavy (non-hydrogen) atoms. The summed E-state index contributed by atoms with van der Waals surface area (Å²) in [6.45, 7) is 2.55. The van der Waals surface area contributed by atoms with Crippen LogP contribution in [0.1, 0.15) is 16.7 Å². The second-order valence-corrected chi connectivity index (χ2v) is 4.58. The highest BCUT2D eigenvalue weighted by molar-refractivity contribution is 5.81. The first kappa shape index (κ1) is 14.6. The number of ether oxygens (including phenoxy) is 1. The molecule has 0 aliphatic heterocycles. The van der Waals surface area contributed by atoms with Gasteiger partial charge in [-0.2, -0.15) is 5.10 Å². The first-order valence-corrected chi connectivity index (χ1v) is 6.50. The molecule has 0 radical (unpaired) electrons. The van der Waals surface area contributed by atoms with Crippen LogP contribution in [0.5, 0.6) is 5.75 Å². The van der Waals surface area contributed by atoms with Crippen molar-refractivity contribution >= 4 is 12.2 Å². The van der Waals surface area contributed by atoms with E-state index in [0.29, 0.717) is 6.61 Å². The number of hydrogen-bond acceptors (Lipinski definition) is 3. The Morgan fingerprint density at radius 1 is 1.29 bits per heavy atom. The minimum Gasteiger partial charge on any atom is -0.489 e. The first-order chi connectivity index (χ1) is 10.1. The van der Waals surface area contributed by atoms with Gasteiger partial charge in [0.05, 0.1) is 6.21 Å². The van der Waals surface area contributed by atoms with E-state index >= 15 is 0 Å². The molecule has 0 saturated carbocycles. The van der Waals surface area contributed by atoms with Gasteiger partial charge in [-0.05, 0) is 30.2 Å². The number of carbonyl (C=O) groups is 1. The molecule has 0 atom stereocenters. The smallest absolute Gasteiger partial charge is 0.332 e. The molecule has 0 aliphatic carbocycles. The van der Waals surface area contributed by atoms with Crippen LogP contribution in [0.2, 0.25) is 0 Å². The molecule has 0 unspecified atom stereocenters. The lowest BCUT2D eigenvalue weighted by Gasteiger charge is -2.07. The van der Waals surface area contributed by atoms with Gasteiger partial charge in [0.1, 0.15) is 12.4 Å². The highest BCUT2D eigenvalue weighted by atomic mass is 16.5. The number of carbonyl (C=O) groups excluding carboxylic acids is 1. The van der Waals surface area contributed by atoms with Crippen molar-refractivity contribution in [3.05, 3.63) is 65.2 Å². The molecule has 0 aromatic heterocycles. The van der Waals surface area contributed by atoms with Gasteiger partial charge in [-0.25, -0.2) is 10.2 Å². The third-order valence-electron chi connectivity index (χ3n) is 2.73. The second-order valence-electron chi connectivity index (χ2n) is 4.58. The van der Waals surface area contributed by atoms with Gasteiger partial charge in [0.25, 0.3) is 0 Å². The normalized spacial score (nSPS) is 10.5. The minimum atomic E-state index is -0.696. The van der Waals surface area contributed by atoms with E-state index < -0.39 is 6.03 Å². The molecular weight excluding hydrogens is 266 g/mol. The molecule has 3 N–H and O–H groups in total. The van der Waals surface area contributed by atoms with Crippen molar-refractivity contribution < 1.29 is 9.53 Å². The molecule has 2 aromatic rings. The number of rotatable bonds is 5. The Morgan fingerprint density at radius 2 is 2.10 bits per heavy atom. The SMILES string of the molecule is Cc1cccc(COc2cccc(C=NNC(N)=O)c2)c1. The van der Waals surface area contributed by atoms with Crippen molar-refractivity contribution in [2.75, 3.05) is 0 Å². The Morgan fingerprint density at radius 3 is 2.86 bits per heavy atom. The monoisotopic (exact) mass is 283 g/mol. The molecule has 108 valence electrons. The summed E-state index contributed by atoms with van der Waals surface area (Å²) in [4.78, 5) is 10.5. The molecule has 2 amide bonds. The van der Waals surface area contributed by atoms with E-state index in [-0.39, 0.29) is 0 Å². The van der Waals surface area contributed by atoms with Crippen molar-refractivity contribution in [1.29, 1.82) is 0 Å². The Hall–Kier alpha value is -2.82. The lowest BCUT2D eigenvalue weighted by molar-refractivity contribution is 0.249. The van der Waals surface area contributed by atoms with Crippen molar-refractivity contribution in [2.45, 2.75) is 13.5 Å². The summed E-state index contributed by atoms with van der Waals surface area (Å²) in [5.74, 6) is 0.736. The molecule has 2 aromatic carbocycles. The van der Waals surface area contributed by atoms with E-state index in [0.717, 1.165) is 16.9 Å². The van der Waals surface area contributed by atoms with E-state index in [9.17, 15) is 4.79 Å². The van der Waals surface area contributed by atoms with Gasteiger partial charge in [0.2, 0.25) is 0 Å². The minimum absolute atomic E-state index is 0.502. The van der Waals surface area contributed by atoms with Gasteiger partial charge < -0.3 is 10.5 Å². The van der Waals surface area contributed by atoms with Gasteiger partial charge in [0, 0.05) is 0 Å². The molecule has 2 rings (SSSR count). The Balaban J connectivity index is 1.97. The number of hydrazone groups is 1. The highest BCUT2D eigenvalue weighted by Crippen LogP contribution is 2.14. The zero-order valence-corrected chi connectivity index (χ0v) is 11.7. The van der Waals surface area contributed by atoms with Gasteiger partial charge in [-0.15, -0.1) is 0 Å². The average molecular weight is 283 g/mol. The molecule has 0 saturated heterocycles. The van der Waals surface area contributed by atoms with Crippen molar-refractivity contribution in [2.24, 2.45) is 10.8 Å². The fraction of sp³-hybridized carbons (Fsp3) is 0.125. The van der Waals surface area contributed by atoms with Crippen LogP contribution in [0.15, 0.2) is 53.6 Å². The van der Waals surface area contributed by atoms with E-state index in [1.807, 2.05) is 49.4 Å². The molecule has 0 bridgehead atoms. The van der Waals surface area contributed by atoms with Gasteiger partial charge in [0.15, 0.2) is 0 Å². The molecule has 0 fully saturated rings. The van der Waals surface area contributed by atoms with Gasteiger partial charge in [-0.3, -0.25) is 0 Å². The van der Waals surface area contributed by atoms with Crippen molar-refractivity contribution in [3.8, 4) is 5.75 Å². The molecular formula is C16H17N3O2. The number of nitrogens with zero attached hydrogens (tertiary/aromatic N) is 1.